The number of aliphatic hydroxyl groups is 5. The van der Waals surface area contributed by atoms with Crippen molar-refractivity contribution in [2.75, 3.05) is 13.2 Å². The van der Waals surface area contributed by atoms with Gasteiger partial charge in [0.2, 0.25) is 5.91 Å². The number of nitrogens with one attached hydrogen (secondary N) is 1. The van der Waals surface area contributed by atoms with Crippen molar-refractivity contribution in [3.8, 4) is 0 Å². The Kier molecular flexibility index (Phi) is 54.4. The molecule has 1 aliphatic heterocycles. The first kappa shape index (κ1) is 72.7. The van der Waals surface area contributed by atoms with Crippen molar-refractivity contribution < 1.29 is 39.8 Å². The third-order valence-corrected chi connectivity index (χ3v) is 16.3. The molecule has 450 valence electrons. The highest BCUT2D eigenvalue weighted by molar-refractivity contribution is 5.76. The van der Waals surface area contributed by atoms with Gasteiger partial charge in [-0.05, 0) is 44.9 Å². The van der Waals surface area contributed by atoms with Crippen LogP contribution in [0.3, 0.4) is 0 Å². The van der Waals surface area contributed by atoms with Crippen LogP contribution < -0.4 is 5.32 Å². The van der Waals surface area contributed by atoms with Crippen molar-refractivity contribution in [3.05, 3.63) is 24.3 Å². The highest BCUT2D eigenvalue weighted by atomic mass is 16.7. The van der Waals surface area contributed by atoms with Crippen molar-refractivity contribution in [2.45, 2.75) is 384 Å². The molecule has 0 aromatic heterocycles. The molecule has 0 spiro atoms. The highest BCUT2D eigenvalue weighted by Gasteiger charge is 2.44. The molecule has 0 radical (unpaired) electrons. The molecule has 0 saturated carbocycles. The quantitative estimate of drug-likeness (QED) is 0.0261. The van der Waals surface area contributed by atoms with Crippen molar-refractivity contribution in [2.24, 2.45) is 0 Å². The molecule has 0 bridgehead atoms. The standard InChI is InChI=1S/C67H129NO8/c1-3-5-7-9-11-13-15-17-19-21-22-23-24-25-26-27-28-29-30-31-32-33-34-35-36-37-38-39-40-41-43-45-47-49-51-53-55-57-63(71)68-60(59-75-67-66(74)65(73)64(72)62(58-69)76-67)61(70)56-54-52-50-48-46-44-42-20-18-16-14-12-10-8-6-4-2/h21-22,54,56,60-62,64-67,69-70,72-74H,3-20,23-53,55,57-59H2,1-2H3,(H,68,71)/b22-21-,56-54+. The molecule has 7 unspecified atom stereocenters. The molecule has 76 heavy (non-hydrogen) atoms. The number of carbonyl (C=O) groups excluding carboxylic acids is 1. The van der Waals surface area contributed by atoms with Crippen molar-refractivity contribution in [1.29, 1.82) is 0 Å². The third kappa shape index (κ3) is 45.4. The lowest BCUT2D eigenvalue weighted by molar-refractivity contribution is -0.302. The number of carbonyl (C=O) groups is 1. The van der Waals surface area contributed by atoms with Gasteiger partial charge in [0.15, 0.2) is 6.29 Å². The number of ether oxygens (including phenoxy) is 2. The average Bonchev–Trinajstić information content (AvgIpc) is 3.42. The molecule has 1 fully saturated rings. The SMILES string of the molecule is CCCCCCCCCC/C=C\CCCCCCCCCCCCCCCCCCCCCCCCCCCC(=O)NC(COC1OC(CO)C(O)C(O)C1O)C(O)/C=C/CCCCCCCCCCCCCCCC. The maximum absolute atomic E-state index is 13.1. The molecule has 0 aromatic carbocycles. The topological polar surface area (TPSA) is 149 Å². The second-order valence-corrected chi connectivity index (χ2v) is 23.6. The molecular formula is C67H129NO8. The van der Waals surface area contributed by atoms with Crippen LogP contribution in [0.4, 0.5) is 0 Å². The maximum atomic E-state index is 13.1. The van der Waals surface area contributed by atoms with Gasteiger partial charge in [-0.2, -0.15) is 0 Å². The average molecular weight is 1080 g/mol. The Bertz CT molecular complexity index is 1250. The summed E-state index contributed by atoms with van der Waals surface area (Å²) in [4.78, 5) is 13.1. The van der Waals surface area contributed by atoms with E-state index < -0.39 is 49.5 Å². The van der Waals surface area contributed by atoms with Crippen molar-refractivity contribution >= 4 is 5.91 Å². The molecule has 1 heterocycles. The van der Waals surface area contributed by atoms with E-state index in [9.17, 15) is 30.3 Å². The van der Waals surface area contributed by atoms with E-state index >= 15 is 0 Å². The van der Waals surface area contributed by atoms with Crippen LogP contribution in [-0.4, -0.2) is 87.5 Å². The number of unbranched alkanes of at least 4 members (excludes halogenated alkanes) is 47. The number of allylic oxidation sites excluding steroid dienone is 3. The van der Waals surface area contributed by atoms with Crippen LogP contribution in [0.2, 0.25) is 0 Å². The molecule has 1 amide bonds. The molecule has 1 saturated heterocycles. The summed E-state index contributed by atoms with van der Waals surface area (Å²) in [5.74, 6) is -0.170. The van der Waals surface area contributed by atoms with Crippen LogP contribution in [0.1, 0.15) is 341 Å². The maximum Gasteiger partial charge on any atom is 0.220 e. The van der Waals surface area contributed by atoms with E-state index in [2.05, 4.69) is 31.3 Å². The minimum absolute atomic E-state index is 0.170. The van der Waals surface area contributed by atoms with E-state index in [0.29, 0.717) is 6.42 Å². The minimum Gasteiger partial charge on any atom is -0.394 e. The Labute approximate surface area is 470 Å². The molecule has 6 N–H and O–H groups in total. The molecule has 1 rings (SSSR count). The van der Waals surface area contributed by atoms with Crippen molar-refractivity contribution in [3.63, 3.8) is 0 Å². The van der Waals surface area contributed by atoms with Crippen LogP contribution in [0.25, 0.3) is 0 Å². The Morgan fingerprint density at radius 1 is 0.434 bits per heavy atom. The molecular weight excluding hydrogens is 947 g/mol. The summed E-state index contributed by atoms with van der Waals surface area (Å²) in [7, 11) is 0. The summed E-state index contributed by atoms with van der Waals surface area (Å²) in [6.45, 7) is 3.82. The first-order valence-electron chi connectivity index (χ1n) is 33.6. The van der Waals surface area contributed by atoms with E-state index in [1.807, 2.05) is 6.08 Å². The fourth-order valence-corrected chi connectivity index (χ4v) is 11.0. The summed E-state index contributed by atoms with van der Waals surface area (Å²) >= 11 is 0. The lowest BCUT2D eigenvalue weighted by Gasteiger charge is -2.40. The van der Waals surface area contributed by atoms with Crippen LogP contribution >= 0.6 is 0 Å². The molecule has 0 aromatic rings. The van der Waals surface area contributed by atoms with Gasteiger partial charge >= 0.3 is 0 Å². The molecule has 1 aliphatic rings. The summed E-state index contributed by atoms with van der Waals surface area (Å²) in [5.41, 5.74) is 0. The van der Waals surface area contributed by atoms with Crippen LogP contribution in [0.5, 0.6) is 0 Å². The van der Waals surface area contributed by atoms with E-state index in [4.69, 9.17) is 9.47 Å². The fourth-order valence-electron chi connectivity index (χ4n) is 11.0. The van der Waals surface area contributed by atoms with Gasteiger partial charge in [0.05, 0.1) is 25.4 Å². The predicted molar refractivity (Wildman–Crippen MR) is 323 cm³/mol. The summed E-state index contributed by atoms with van der Waals surface area (Å²) in [6, 6.07) is -0.802. The predicted octanol–water partition coefficient (Wildman–Crippen LogP) is 17.7. The first-order valence-corrected chi connectivity index (χ1v) is 33.6. The Morgan fingerprint density at radius 3 is 1.07 bits per heavy atom. The zero-order valence-electron chi connectivity index (χ0n) is 50.3. The van der Waals surface area contributed by atoms with E-state index in [1.165, 1.54) is 283 Å². The monoisotopic (exact) mass is 1080 g/mol. The second-order valence-electron chi connectivity index (χ2n) is 23.6. The minimum atomic E-state index is -1.56. The first-order chi connectivity index (χ1) is 37.3. The lowest BCUT2D eigenvalue weighted by atomic mass is 9.99. The number of hydrogen-bond acceptors (Lipinski definition) is 8. The van der Waals surface area contributed by atoms with Gasteiger partial charge in [-0.25, -0.2) is 0 Å². The largest absolute Gasteiger partial charge is 0.394 e. The summed E-state index contributed by atoms with van der Waals surface area (Å²) in [5, 5.41) is 54.6. The van der Waals surface area contributed by atoms with Gasteiger partial charge in [-0.3, -0.25) is 4.79 Å². The van der Waals surface area contributed by atoms with E-state index in [1.54, 1.807) is 6.08 Å². The van der Waals surface area contributed by atoms with E-state index in [-0.39, 0.29) is 12.5 Å². The van der Waals surface area contributed by atoms with Gasteiger partial charge in [0, 0.05) is 6.42 Å². The van der Waals surface area contributed by atoms with Gasteiger partial charge in [0.25, 0.3) is 0 Å². The lowest BCUT2D eigenvalue weighted by Crippen LogP contribution is -2.60. The fraction of sp³-hybridized carbons (Fsp3) is 0.925. The van der Waals surface area contributed by atoms with Crippen LogP contribution in [0, 0.1) is 0 Å². The van der Waals surface area contributed by atoms with E-state index in [0.717, 1.165) is 38.5 Å². The number of rotatable bonds is 59. The zero-order chi connectivity index (χ0) is 55.0. The Hall–Kier alpha value is -1.33. The number of hydrogen-bond donors (Lipinski definition) is 6. The number of aliphatic hydroxyl groups excluding tert-OH is 5. The normalized spacial score (nSPS) is 18.9. The molecule has 0 aliphatic carbocycles. The van der Waals surface area contributed by atoms with Gasteiger partial charge in [0.1, 0.15) is 24.4 Å². The highest BCUT2D eigenvalue weighted by Crippen LogP contribution is 2.23. The molecule has 9 heteroatoms. The smallest absolute Gasteiger partial charge is 0.220 e. The van der Waals surface area contributed by atoms with Gasteiger partial charge < -0.3 is 40.3 Å². The van der Waals surface area contributed by atoms with Gasteiger partial charge in [-0.1, -0.05) is 314 Å². The van der Waals surface area contributed by atoms with Crippen molar-refractivity contribution in [1.82, 2.24) is 5.32 Å². The summed E-state index contributed by atoms with van der Waals surface area (Å²) < 4.78 is 11.3. The summed E-state index contributed by atoms with van der Waals surface area (Å²) in [6.07, 6.45) is 67.2. The molecule has 9 nitrogen and oxygen atoms in total. The Morgan fingerprint density at radius 2 is 0.737 bits per heavy atom. The Balaban J connectivity index is 2.05. The number of amides is 1. The van der Waals surface area contributed by atoms with Crippen LogP contribution in [-0.2, 0) is 14.3 Å². The van der Waals surface area contributed by atoms with Gasteiger partial charge in [-0.15, -0.1) is 0 Å². The molecule has 7 atom stereocenters. The third-order valence-electron chi connectivity index (χ3n) is 16.3. The second kappa shape index (κ2) is 56.9. The zero-order valence-corrected chi connectivity index (χ0v) is 50.3. The van der Waals surface area contributed by atoms with Crippen LogP contribution in [0.15, 0.2) is 24.3 Å².